The first-order valence-corrected chi connectivity index (χ1v) is 14.3. The molecule has 0 aliphatic carbocycles. The minimum atomic E-state index is -6.09. The summed E-state index contributed by atoms with van der Waals surface area (Å²) in [5, 5.41) is 30.8. The standard InChI is InChI=1S/C13H7N2O2.C12H12BN8.CHF3O3S.FH.Pd/c16-15(17)12-5-1-4-11-10(12)7-6-9-3-2-8-14-13(9)11;1-5-14-18(9-1)13(19-10-2-6-15-19,20-11-3-7-16-20)21-12-4-8-17-21;2-1(3,4)8(5,6)7;;/h1-3,5-8H;1-12H;(H,5,6,7);1H;/q2*-1;;;/p-2. The molecule has 0 spiro atoms. The van der Waals surface area contributed by atoms with Crippen LogP contribution in [0.5, 0.6) is 0 Å². The molecule has 0 aliphatic rings. The Morgan fingerprint density at radius 2 is 1.23 bits per heavy atom. The Kier molecular flexibility index (Phi) is 11.7. The molecule has 0 saturated heterocycles. The van der Waals surface area contributed by atoms with Crippen LogP contribution in [0.4, 0.5) is 18.9 Å². The number of aromatic nitrogens is 9. The third-order valence-electron chi connectivity index (χ3n) is 6.52. The maximum absolute atomic E-state index is 10.9. The molecular weight excluding hydrogens is 758 g/mol. The van der Waals surface area contributed by atoms with Crippen LogP contribution < -0.4 is 4.70 Å². The summed E-state index contributed by atoms with van der Waals surface area (Å²) in [6, 6.07) is 20.9. The Hall–Kier alpha value is -5.29. The fourth-order valence-corrected chi connectivity index (χ4v) is 4.63. The molecule has 0 N–H and O–H groups in total. The number of fused-ring (bicyclic) bond motifs is 3. The van der Waals surface area contributed by atoms with Gasteiger partial charge >= 0.3 is 12.2 Å². The van der Waals surface area contributed by atoms with Gasteiger partial charge in [-0.25, -0.2) is 28.8 Å². The quantitative estimate of drug-likeness (QED) is 0.0350. The summed E-state index contributed by atoms with van der Waals surface area (Å²) in [5.74, 6) is 0. The molecule has 0 aliphatic heterocycles. The van der Waals surface area contributed by atoms with Gasteiger partial charge in [0.25, 0.3) is 0 Å². The van der Waals surface area contributed by atoms with E-state index in [-0.39, 0.29) is 35.7 Å². The van der Waals surface area contributed by atoms with Crippen molar-refractivity contribution in [3.8, 4) is 0 Å². The Bertz CT molecular complexity index is 2030. The molecule has 15 nitrogen and oxygen atoms in total. The van der Waals surface area contributed by atoms with Crippen LogP contribution in [0.2, 0.25) is 0 Å². The maximum atomic E-state index is 10.9. The van der Waals surface area contributed by atoms with E-state index in [0.29, 0.717) is 10.8 Å². The number of hydrogen-bond donors (Lipinski definition) is 0. The number of halogens is 4. The Morgan fingerprint density at radius 1 is 0.771 bits per heavy atom. The molecule has 5 heterocycles. The van der Waals surface area contributed by atoms with E-state index < -0.39 is 22.3 Å². The van der Waals surface area contributed by atoms with Crippen LogP contribution in [0.25, 0.3) is 21.7 Å². The minimum Gasteiger partial charge on any atom is -1.00 e. The van der Waals surface area contributed by atoms with Crippen LogP contribution in [0, 0.1) is 16.2 Å². The van der Waals surface area contributed by atoms with Gasteiger partial charge in [0.05, 0.1) is 0 Å². The molecule has 2 aromatic carbocycles. The molecule has 48 heavy (non-hydrogen) atoms. The molecule has 7 rings (SSSR count). The monoisotopic (exact) mass is 776 g/mol. The first kappa shape index (κ1) is 37.2. The van der Waals surface area contributed by atoms with Crippen molar-refractivity contribution in [3.05, 3.63) is 133 Å². The molecule has 0 saturated carbocycles. The number of benzene rings is 2. The normalized spacial score (nSPS) is 11.3. The van der Waals surface area contributed by atoms with Crippen LogP contribution >= 0.6 is 0 Å². The van der Waals surface area contributed by atoms with Gasteiger partial charge in [0.15, 0.2) is 15.8 Å². The van der Waals surface area contributed by atoms with Crippen molar-refractivity contribution >= 4 is 44.2 Å². The zero-order valence-corrected chi connectivity index (χ0v) is 26.2. The fraction of sp³-hybridized carbons (Fsp3) is 0.0385. The summed E-state index contributed by atoms with van der Waals surface area (Å²) >= 11 is 0. The Labute approximate surface area is 281 Å². The predicted octanol–water partition coefficient (Wildman–Crippen LogP) is 0.550. The fourth-order valence-electron chi connectivity index (χ4n) is 4.63. The van der Waals surface area contributed by atoms with Crippen LogP contribution in [0.3, 0.4) is 0 Å². The third-order valence-corrected chi connectivity index (χ3v) is 7.09. The van der Waals surface area contributed by atoms with Gasteiger partial charge in [-0.15, -0.1) is 17.5 Å². The maximum Gasteiger partial charge on any atom is 0.485 e. The van der Waals surface area contributed by atoms with Gasteiger partial charge in [0.2, 0.25) is 0 Å². The van der Waals surface area contributed by atoms with Crippen LogP contribution in [-0.2, 0) is 30.5 Å². The molecule has 0 fully saturated rings. The van der Waals surface area contributed by atoms with E-state index in [2.05, 4.69) is 31.4 Å². The first-order valence-electron chi connectivity index (χ1n) is 12.9. The van der Waals surface area contributed by atoms with Gasteiger partial charge in [-0.1, -0.05) is 24.3 Å². The predicted molar refractivity (Wildman–Crippen MR) is 157 cm³/mol. The largest absolute Gasteiger partial charge is 1.00 e. The van der Waals surface area contributed by atoms with E-state index >= 15 is 0 Å². The van der Waals surface area contributed by atoms with Gasteiger partial charge in [-0.05, 0) is 71.4 Å². The molecule has 0 unspecified atom stereocenters. The summed E-state index contributed by atoms with van der Waals surface area (Å²) in [6.07, 6.45) is 16.1. The van der Waals surface area contributed by atoms with Crippen LogP contribution in [0.15, 0.2) is 116 Å². The van der Waals surface area contributed by atoms with Gasteiger partial charge in [0.1, 0.15) is 0 Å². The second-order valence-electron chi connectivity index (χ2n) is 9.22. The topological polar surface area (TPSA) is 185 Å². The molecule has 5 aromatic heterocycles. The Balaban J connectivity index is 0.000000210. The van der Waals surface area contributed by atoms with Gasteiger partial charge in [-0.2, -0.15) is 13.2 Å². The van der Waals surface area contributed by atoms with Crippen molar-refractivity contribution in [2.75, 3.05) is 0 Å². The van der Waals surface area contributed by atoms with Crippen molar-refractivity contribution in [1.29, 1.82) is 0 Å². The SMILES string of the molecule is O=S(=O)([O-])C(F)(F)F.O=[N+]([O-])c1cc[c-]c2c1ccc1cccnc12.[F-].[Pd].c1cnn([B-](n2cccn2)(n2cccn2)n2cccn2)c1. The Morgan fingerprint density at radius 3 is 1.60 bits per heavy atom. The van der Waals surface area contributed by atoms with Crippen molar-refractivity contribution in [3.63, 3.8) is 0 Å². The number of non-ortho nitro benzene ring substituents is 1. The van der Waals surface area contributed by atoms with Crippen molar-refractivity contribution < 1.29 is 56.2 Å². The second kappa shape index (κ2) is 15.1. The van der Waals surface area contributed by atoms with Gasteiger partial charge < -0.3 is 32.6 Å². The number of nitrogens with zero attached hydrogens (tertiary/aromatic N) is 10. The molecular formula is C26H19BF4N10O5PdS-4. The average Bonchev–Trinajstić information content (AvgIpc) is 3.87. The first-order chi connectivity index (χ1) is 21.9. The summed E-state index contributed by atoms with van der Waals surface area (Å²) in [6.45, 7) is -1.83. The van der Waals surface area contributed by atoms with Gasteiger partial charge in [0, 0.05) is 56.3 Å². The third kappa shape index (κ3) is 7.31. The minimum absolute atomic E-state index is 0. The van der Waals surface area contributed by atoms with E-state index in [1.54, 1.807) is 43.1 Å². The van der Waals surface area contributed by atoms with E-state index in [4.69, 9.17) is 13.0 Å². The number of pyridine rings is 1. The summed E-state index contributed by atoms with van der Waals surface area (Å²) in [4.78, 5) is 14.8. The molecule has 0 amide bonds. The number of hydrogen-bond acceptors (Lipinski definition) is 10. The molecule has 254 valence electrons. The molecule has 7 aromatic rings. The smallest absolute Gasteiger partial charge is 0.485 e. The van der Waals surface area contributed by atoms with E-state index in [1.165, 1.54) is 6.07 Å². The average molecular weight is 777 g/mol. The van der Waals surface area contributed by atoms with E-state index in [1.807, 2.05) is 85.6 Å². The number of nitro groups is 1. The molecule has 22 heteroatoms. The molecule has 0 bridgehead atoms. The molecule has 0 atom stereocenters. The summed E-state index contributed by atoms with van der Waals surface area (Å²) < 4.78 is 66.2. The van der Waals surface area contributed by atoms with Crippen molar-refractivity contribution in [1.82, 2.24) is 43.7 Å². The van der Waals surface area contributed by atoms with E-state index in [9.17, 15) is 23.3 Å². The van der Waals surface area contributed by atoms with E-state index in [0.717, 1.165) is 10.9 Å². The zero-order valence-electron chi connectivity index (χ0n) is 23.8. The summed E-state index contributed by atoms with van der Waals surface area (Å²) in [5.41, 5.74) is -4.81. The zero-order chi connectivity index (χ0) is 33.0. The second-order valence-corrected chi connectivity index (χ2v) is 10.6. The number of nitro benzene ring substituents is 1. The van der Waals surface area contributed by atoms with Crippen LogP contribution in [0.1, 0.15) is 0 Å². The van der Waals surface area contributed by atoms with Crippen molar-refractivity contribution in [2.24, 2.45) is 0 Å². The van der Waals surface area contributed by atoms with Gasteiger partial charge in [-0.3, -0.25) is 10.1 Å². The summed E-state index contributed by atoms with van der Waals surface area (Å²) in [7, 11) is -6.09. The van der Waals surface area contributed by atoms with Crippen LogP contribution in [-0.4, -0.2) is 73.8 Å². The molecule has 0 radical (unpaired) electrons. The number of rotatable bonds is 5. The van der Waals surface area contributed by atoms with Crippen molar-refractivity contribution in [2.45, 2.75) is 5.51 Å². The number of alkyl halides is 3.